The lowest BCUT2D eigenvalue weighted by Crippen LogP contribution is -2.33. The van der Waals surface area contributed by atoms with Gasteiger partial charge in [-0.25, -0.2) is 18.9 Å². The van der Waals surface area contributed by atoms with E-state index in [0.29, 0.717) is 5.75 Å². The lowest BCUT2D eigenvalue weighted by molar-refractivity contribution is -0.145. The minimum Gasteiger partial charge on any atom is -0.462 e. The van der Waals surface area contributed by atoms with Gasteiger partial charge < -0.3 is 24.3 Å². The van der Waals surface area contributed by atoms with Crippen molar-refractivity contribution in [1.29, 1.82) is 0 Å². The van der Waals surface area contributed by atoms with E-state index in [1.165, 1.54) is 10.9 Å². The van der Waals surface area contributed by atoms with Crippen molar-refractivity contribution in [3.05, 3.63) is 47.0 Å². The number of nitrogens with two attached hydrogens (primary N) is 1. The summed E-state index contributed by atoms with van der Waals surface area (Å²) in [4.78, 5) is 34.2. The highest BCUT2D eigenvalue weighted by Gasteiger charge is 2.51. The van der Waals surface area contributed by atoms with Crippen LogP contribution in [0.4, 0.5) is 14.7 Å². The third kappa shape index (κ3) is 6.13. The third-order valence-corrected chi connectivity index (χ3v) is 6.17. The number of nitrogens with zero attached hydrogens (tertiary/aromatic N) is 3. The highest BCUT2D eigenvalue weighted by atomic mass is 31.2. The van der Waals surface area contributed by atoms with Crippen LogP contribution in [0.3, 0.4) is 0 Å². The van der Waals surface area contributed by atoms with Crippen molar-refractivity contribution in [3.63, 3.8) is 0 Å². The number of carbonyl (C=O) groups excluding carboxylic acids is 1. The van der Waals surface area contributed by atoms with Crippen LogP contribution in [0.5, 0.6) is 5.75 Å². The number of halogens is 2. The first-order chi connectivity index (χ1) is 17.1. The normalized spacial score (nSPS) is 20.0. The summed E-state index contributed by atoms with van der Waals surface area (Å²) in [6, 6.07) is 8.57. The lowest BCUT2D eigenvalue weighted by Gasteiger charge is -2.22. The maximum atomic E-state index is 14.9. The molecule has 3 aromatic rings. The Morgan fingerprint density at radius 3 is 2.86 bits per heavy atom. The Labute approximate surface area is 205 Å². The van der Waals surface area contributed by atoms with Crippen molar-refractivity contribution in [2.45, 2.75) is 44.6 Å². The molecule has 3 unspecified atom stereocenters. The van der Waals surface area contributed by atoms with Gasteiger partial charge in [0, 0.05) is 0 Å². The van der Waals surface area contributed by atoms with Crippen molar-refractivity contribution < 1.29 is 32.1 Å². The Hall–Kier alpha value is -3.19. The van der Waals surface area contributed by atoms with E-state index in [0.717, 1.165) is 0 Å². The summed E-state index contributed by atoms with van der Waals surface area (Å²) >= 11 is 0. The summed E-state index contributed by atoms with van der Waals surface area (Å²) in [5, 5.41) is 2.77. The van der Waals surface area contributed by atoms with E-state index in [1.807, 2.05) is 0 Å². The number of aromatic nitrogens is 4. The molecule has 1 aliphatic rings. The van der Waals surface area contributed by atoms with Gasteiger partial charge in [0.1, 0.15) is 24.6 Å². The molecule has 3 atom stereocenters. The zero-order valence-electron chi connectivity index (χ0n) is 19.4. The molecule has 0 aliphatic carbocycles. The summed E-state index contributed by atoms with van der Waals surface area (Å²) < 4.78 is 53.0. The van der Waals surface area contributed by atoms with E-state index < -0.39 is 51.3 Å². The zero-order valence-corrected chi connectivity index (χ0v) is 20.3. The monoisotopic (exact) mass is 526 g/mol. The molecular weight excluding hydrogens is 501 g/mol. The summed E-state index contributed by atoms with van der Waals surface area (Å²) in [7, 11) is -2.01. The van der Waals surface area contributed by atoms with Gasteiger partial charge in [0.25, 0.3) is 11.5 Å². The molecule has 0 saturated carbocycles. The molecule has 0 radical (unpaired) electrons. The van der Waals surface area contributed by atoms with E-state index in [1.54, 1.807) is 44.2 Å². The van der Waals surface area contributed by atoms with E-state index in [9.17, 15) is 18.4 Å². The van der Waals surface area contributed by atoms with Gasteiger partial charge >= 0.3 is 14.5 Å². The number of ether oxygens (including phenoxy) is 2. The number of carbonyl (C=O) groups is 1. The molecule has 1 aromatic carbocycles. The number of rotatable bonds is 10. The van der Waals surface area contributed by atoms with Gasteiger partial charge in [-0.2, -0.15) is 4.98 Å². The SMILES string of the molecule is CC(C)OC(=O)CNP(OCC1OC(n2cnc3c(=O)[nH]c(N)nc32)CC1(F)F)Oc1ccccc1. The Morgan fingerprint density at radius 2 is 2.14 bits per heavy atom. The third-order valence-electron chi connectivity index (χ3n) is 4.99. The van der Waals surface area contributed by atoms with Crippen molar-refractivity contribution >= 4 is 31.6 Å². The molecule has 36 heavy (non-hydrogen) atoms. The first kappa shape index (κ1) is 25.9. The molecule has 4 N–H and O–H groups in total. The summed E-state index contributed by atoms with van der Waals surface area (Å²) in [6.07, 6.45) is -2.63. The first-order valence-electron chi connectivity index (χ1n) is 11.0. The fraction of sp³-hybridized carbons (Fsp3) is 0.429. The van der Waals surface area contributed by atoms with Crippen LogP contribution < -0.4 is 20.9 Å². The number of benzene rings is 1. The van der Waals surface area contributed by atoms with Crippen LogP contribution in [0.1, 0.15) is 26.5 Å². The molecule has 194 valence electrons. The topological polar surface area (TPSA) is 156 Å². The maximum Gasteiger partial charge on any atom is 0.320 e. The molecule has 0 spiro atoms. The minimum absolute atomic E-state index is 0.0265. The second kappa shape index (κ2) is 10.8. The maximum absolute atomic E-state index is 14.9. The van der Waals surface area contributed by atoms with Crippen LogP contribution in [0.25, 0.3) is 11.2 Å². The van der Waals surface area contributed by atoms with E-state index in [4.69, 9.17) is 24.3 Å². The van der Waals surface area contributed by atoms with Gasteiger partial charge in [-0.05, 0) is 26.0 Å². The number of nitrogens with one attached hydrogen (secondary N) is 2. The highest BCUT2D eigenvalue weighted by Crippen LogP contribution is 2.44. The van der Waals surface area contributed by atoms with E-state index >= 15 is 0 Å². The van der Waals surface area contributed by atoms with Crippen LogP contribution in [0.15, 0.2) is 41.5 Å². The number of fused-ring (bicyclic) bond motifs is 1. The average Bonchev–Trinajstić information content (AvgIpc) is 3.36. The smallest absolute Gasteiger partial charge is 0.320 e. The Bertz CT molecular complexity index is 1260. The van der Waals surface area contributed by atoms with E-state index in [2.05, 4.69) is 20.0 Å². The number of hydrogen-bond donors (Lipinski definition) is 3. The zero-order chi connectivity index (χ0) is 25.9. The lowest BCUT2D eigenvalue weighted by atomic mass is 10.2. The quantitative estimate of drug-likeness (QED) is 0.265. The predicted octanol–water partition coefficient (Wildman–Crippen LogP) is 2.49. The fourth-order valence-electron chi connectivity index (χ4n) is 3.43. The first-order valence-corrected chi connectivity index (χ1v) is 12.1. The number of esters is 1. The number of nitrogen functional groups attached to an aromatic ring is 1. The largest absolute Gasteiger partial charge is 0.462 e. The molecule has 3 heterocycles. The van der Waals surface area contributed by atoms with Gasteiger partial charge in [0.15, 0.2) is 11.2 Å². The number of aromatic amines is 1. The minimum atomic E-state index is -3.28. The van der Waals surface area contributed by atoms with Gasteiger partial charge in [-0.1, -0.05) is 18.2 Å². The standard InChI is InChI=1S/C21H25F2N6O6P/c1-12(2)33-16(30)9-26-36(35-13-6-4-3-5-7-13)32-10-14-21(22,23)8-15(34-14)29-11-25-17-18(29)27-20(24)28-19(17)31/h3-7,11-12,14-15,26H,8-10H2,1-2H3,(H3,24,27,28,31). The van der Waals surface area contributed by atoms with Gasteiger partial charge in [0.2, 0.25) is 5.95 Å². The Balaban J connectivity index is 1.45. The van der Waals surface area contributed by atoms with Gasteiger partial charge in [0.05, 0.1) is 25.5 Å². The van der Waals surface area contributed by atoms with Gasteiger partial charge in [-0.15, -0.1) is 0 Å². The number of hydrogen-bond acceptors (Lipinski definition) is 10. The molecule has 4 rings (SSSR count). The van der Waals surface area contributed by atoms with Crippen molar-refractivity contribution in [2.75, 3.05) is 18.9 Å². The van der Waals surface area contributed by atoms with Crippen molar-refractivity contribution in [3.8, 4) is 5.75 Å². The summed E-state index contributed by atoms with van der Waals surface area (Å²) in [5.74, 6) is -3.58. The fourth-order valence-corrected chi connectivity index (χ4v) is 4.48. The summed E-state index contributed by atoms with van der Waals surface area (Å²) in [6.45, 7) is 2.62. The van der Waals surface area contributed by atoms with Crippen molar-refractivity contribution in [1.82, 2.24) is 24.6 Å². The molecule has 15 heteroatoms. The molecule has 1 fully saturated rings. The Kier molecular flexibility index (Phi) is 7.79. The predicted molar refractivity (Wildman–Crippen MR) is 125 cm³/mol. The molecule has 12 nitrogen and oxygen atoms in total. The molecule has 1 saturated heterocycles. The Morgan fingerprint density at radius 1 is 1.39 bits per heavy atom. The summed E-state index contributed by atoms with van der Waals surface area (Å²) in [5.41, 5.74) is 4.97. The molecule has 0 amide bonds. The second-order valence-corrected chi connectivity index (χ2v) is 9.42. The number of anilines is 1. The second-order valence-electron chi connectivity index (χ2n) is 8.15. The van der Waals surface area contributed by atoms with Gasteiger partial charge in [-0.3, -0.25) is 19.1 Å². The highest BCUT2D eigenvalue weighted by molar-refractivity contribution is 7.45. The number of imidazole rings is 1. The molecular formula is C21H25F2N6O6P. The van der Waals surface area contributed by atoms with Crippen LogP contribution in [-0.2, 0) is 18.8 Å². The van der Waals surface area contributed by atoms with E-state index in [-0.39, 0.29) is 29.8 Å². The average molecular weight is 526 g/mol. The number of H-pyrrole nitrogens is 1. The van der Waals surface area contributed by atoms with Crippen LogP contribution >= 0.6 is 8.53 Å². The van der Waals surface area contributed by atoms with Crippen LogP contribution in [0.2, 0.25) is 0 Å². The van der Waals surface area contributed by atoms with Crippen molar-refractivity contribution in [2.24, 2.45) is 0 Å². The number of para-hydroxylation sites is 1. The molecule has 1 aliphatic heterocycles. The van der Waals surface area contributed by atoms with Crippen LogP contribution in [0, 0.1) is 0 Å². The molecule has 2 aromatic heterocycles. The molecule has 0 bridgehead atoms. The van der Waals surface area contributed by atoms with Crippen LogP contribution in [-0.4, -0.2) is 56.8 Å². The number of alkyl halides is 2.